The van der Waals surface area contributed by atoms with Crippen LogP contribution in [0.2, 0.25) is 0 Å². The Labute approximate surface area is 123 Å². The predicted molar refractivity (Wildman–Crippen MR) is 76.6 cm³/mol. The Balaban J connectivity index is 2.39. The number of hydrogen-bond acceptors (Lipinski definition) is 6. The first kappa shape index (κ1) is 15.0. The van der Waals surface area contributed by atoms with E-state index in [4.69, 9.17) is 14.0 Å². The summed E-state index contributed by atoms with van der Waals surface area (Å²) in [4.78, 5) is 15.9. The van der Waals surface area contributed by atoms with Crippen molar-refractivity contribution < 1.29 is 18.8 Å². The monoisotopic (exact) mass is 290 g/mol. The molecule has 2 aromatic rings. The average molecular weight is 290 g/mol. The minimum absolute atomic E-state index is 0.0101. The number of carbonyl (C=O) groups is 1. The number of ketones is 1. The standard InChI is InChI=1S/C15H18N2O4/c1-5-13(9(2)18)15-16-14(17-21-15)10-6-11(19-3)8-12(7-10)20-4/h6-8,13H,5H2,1-4H3. The van der Waals surface area contributed by atoms with Crippen molar-refractivity contribution in [2.75, 3.05) is 14.2 Å². The summed E-state index contributed by atoms with van der Waals surface area (Å²) < 4.78 is 15.6. The fraction of sp³-hybridized carbons (Fsp3) is 0.400. The molecule has 112 valence electrons. The van der Waals surface area contributed by atoms with E-state index in [0.717, 1.165) is 0 Å². The van der Waals surface area contributed by atoms with Crippen LogP contribution in [-0.4, -0.2) is 30.1 Å². The highest BCUT2D eigenvalue weighted by Crippen LogP contribution is 2.29. The molecule has 1 unspecified atom stereocenters. The molecule has 6 nitrogen and oxygen atoms in total. The summed E-state index contributed by atoms with van der Waals surface area (Å²) in [7, 11) is 3.14. The van der Waals surface area contributed by atoms with Gasteiger partial charge in [0, 0.05) is 11.6 Å². The minimum Gasteiger partial charge on any atom is -0.497 e. The van der Waals surface area contributed by atoms with Crippen LogP contribution >= 0.6 is 0 Å². The van der Waals surface area contributed by atoms with Gasteiger partial charge >= 0.3 is 0 Å². The van der Waals surface area contributed by atoms with Crippen LogP contribution in [0.25, 0.3) is 11.4 Å². The van der Waals surface area contributed by atoms with Gasteiger partial charge in [-0.1, -0.05) is 12.1 Å². The molecule has 0 bridgehead atoms. The molecule has 0 aliphatic heterocycles. The zero-order valence-electron chi connectivity index (χ0n) is 12.5. The molecule has 0 radical (unpaired) electrons. The highest BCUT2D eigenvalue weighted by atomic mass is 16.5. The molecule has 1 heterocycles. The molecule has 21 heavy (non-hydrogen) atoms. The van der Waals surface area contributed by atoms with Gasteiger partial charge in [-0.3, -0.25) is 4.79 Å². The van der Waals surface area contributed by atoms with Crippen molar-refractivity contribution in [3.8, 4) is 22.9 Å². The van der Waals surface area contributed by atoms with E-state index in [1.807, 2.05) is 6.92 Å². The van der Waals surface area contributed by atoms with E-state index in [0.29, 0.717) is 35.2 Å². The summed E-state index contributed by atoms with van der Waals surface area (Å²) >= 11 is 0. The Bertz CT molecular complexity index is 614. The lowest BCUT2D eigenvalue weighted by molar-refractivity contribution is -0.119. The van der Waals surface area contributed by atoms with Gasteiger partial charge in [0.1, 0.15) is 17.3 Å². The van der Waals surface area contributed by atoms with Crippen LogP contribution in [0.4, 0.5) is 0 Å². The van der Waals surface area contributed by atoms with E-state index in [2.05, 4.69) is 10.1 Å². The van der Waals surface area contributed by atoms with Crippen LogP contribution in [0.3, 0.4) is 0 Å². The highest BCUT2D eigenvalue weighted by Gasteiger charge is 2.22. The van der Waals surface area contributed by atoms with Crippen molar-refractivity contribution in [1.82, 2.24) is 10.1 Å². The van der Waals surface area contributed by atoms with E-state index in [1.54, 1.807) is 32.4 Å². The summed E-state index contributed by atoms with van der Waals surface area (Å²) in [5.41, 5.74) is 0.708. The van der Waals surface area contributed by atoms with Crippen LogP contribution < -0.4 is 9.47 Å². The number of nitrogens with zero attached hydrogens (tertiary/aromatic N) is 2. The van der Waals surface area contributed by atoms with Crippen LogP contribution in [0, 0.1) is 0 Å². The van der Waals surface area contributed by atoms with E-state index < -0.39 is 0 Å². The van der Waals surface area contributed by atoms with Gasteiger partial charge in [0.25, 0.3) is 0 Å². The first-order valence-corrected chi connectivity index (χ1v) is 6.66. The van der Waals surface area contributed by atoms with Crippen LogP contribution in [0.1, 0.15) is 32.1 Å². The maximum absolute atomic E-state index is 11.6. The van der Waals surface area contributed by atoms with Crippen molar-refractivity contribution in [3.05, 3.63) is 24.1 Å². The zero-order chi connectivity index (χ0) is 15.4. The van der Waals surface area contributed by atoms with Gasteiger partial charge in [-0.2, -0.15) is 4.98 Å². The molecular formula is C15H18N2O4. The number of methoxy groups -OCH3 is 2. The Kier molecular flexibility index (Phi) is 4.57. The number of benzene rings is 1. The average Bonchev–Trinajstić information content (AvgIpc) is 2.96. The molecule has 0 spiro atoms. The van der Waals surface area contributed by atoms with E-state index in [1.165, 1.54) is 6.92 Å². The van der Waals surface area contributed by atoms with Crippen molar-refractivity contribution in [3.63, 3.8) is 0 Å². The van der Waals surface area contributed by atoms with E-state index in [-0.39, 0.29) is 11.7 Å². The molecule has 2 rings (SSSR count). The van der Waals surface area contributed by atoms with Crippen LogP contribution in [0.5, 0.6) is 11.5 Å². The summed E-state index contributed by atoms with van der Waals surface area (Å²) in [6, 6.07) is 5.33. The van der Waals surface area contributed by atoms with Gasteiger partial charge in [0.15, 0.2) is 0 Å². The molecule has 1 aromatic heterocycles. The number of rotatable bonds is 6. The topological polar surface area (TPSA) is 74.5 Å². The fourth-order valence-electron chi connectivity index (χ4n) is 2.07. The Morgan fingerprint density at radius 2 is 1.86 bits per heavy atom. The molecule has 0 amide bonds. The number of ether oxygens (including phenoxy) is 2. The van der Waals surface area contributed by atoms with Gasteiger partial charge in [0.05, 0.1) is 20.1 Å². The molecular weight excluding hydrogens is 272 g/mol. The molecule has 0 saturated heterocycles. The van der Waals surface area contributed by atoms with Gasteiger partial charge in [-0.25, -0.2) is 0 Å². The fourth-order valence-corrected chi connectivity index (χ4v) is 2.07. The number of Topliss-reactive ketones (excluding diaryl/α,β-unsaturated/α-hetero) is 1. The number of hydrogen-bond donors (Lipinski definition) is 0. The van der Waals surface area contributed by atoms with Crippen LogP contribution in [-0.2, 0) is 4.79 Å². The Morgan fingerprint density at radius 3 is 2.33 bits per heavy atom. The molecule has 0 fully saturated rings. The van der Waals surface area contributed by atoms with Gasteiger partial charge in [-0.15, -0.1) is 0 Å². The molecule has 0 aliphatic rings. The SMILES string of the molecule is CCC(C(C)=O)c1nc(-c2cc(OC)cc(OC)c2)no1. The lowest BCUT2D eigenvalue weighted by Gasteiger charge is -2.06. The second kappa shape index (κ2) is 6.39. The quantitative estimate of drug-likeness (QED) is 0.814. The van der Waals surface area contributed by atoms with E-state index >= 15 is 0 Å². The summed E-state index contributed by atoms with van der Waals surface area (Å²) in [5, 5.41) is 3.94. The second-order valence-corrected chi connectivity index (χ2v) is 4.63. The lowest BCUT2D eigenvalue weighted by atomic mass is 10.0. The third-order valence-electron chi connectivity index (χ3n) is 3.25. The van der Waals surface area contributed by atoms with Gasteiger partial charge in [-0.05, 0) is 25.5 Å². The van der Waals surface area contributed by atoms with Crippen molar-refractivity contribution in [1.29, 1.82) is 0 Å². The molecule has 6 heteroatoms. The maximum Gasteiger partial charge on any atom is 0.237 e. The Morgan fingerprint density at radius 1 is 1.24 bits per heavy atom. The lowest BCUT2D eigenvalue weighted by Crippen LogP contribution is -2.07. The largest absolute Gasteiger partial charge is 0.497 e. The van der Waals surface area contributed by atoms with Gasteiger partial charge < -0.3 is 14.0 Å². The van der Waals surface area contributed by atoms with Crippen LogP contribution in [0.15, 0.2) is 22.7 Å². The summed E-state index contributed by atoms with van der Waals surface area (Å²) in [5.74, 6) is 1.65. The summed E-state index contributed by atoms with van der Waals surface area (Å²) in [6.07, 6.45) is 0.623. The van der Waals surface area contributed by atoms with Crippen molar-refractivity contribution in [2.45, 2.75) is 26.2 Å². The smallest absolute Gasteiger partial charge is 0.237 e. The third-order valence-corrected chi connectivity index (χ3v) is 3.25. The number of carbonyl (C=O) groups excluding carboxylic acids is 1. The second-order valence-electron chi connectivity index (χ2n) is 4.63. The normalized spacial score (nSPS) is 12.0. The van der Waals surface area contributed by atoms with E-state index in [9.17, 15) is 4.79 Å². The predicted octanol–water partition coefficient (Wildman–Crippen LogP) is 2.84. The first-order chi connectivity index (χ1) is 10.1. The maximum atomic E-state index is 11.6. The molecule has 0 aliphatic carbocycles. The Hall–Kier alpha value is -2.37. The van der Waals surface area contributed by atoms with Crippen molar-refractivity contribution >= 4 is 5.78 Å². The first-order valence-electron chi connectivity index (χ1n) is 6.66. The molecule has 0 N–H and O–H groups in total. The summed E-state index contributed by atoms with van der Waals surface area (Å²) in [6.45, 7) is 3.43. The third kappa shape index (κ3) is 3.21. The molecule has 1 aromatic carbocycles. The minimum atomic E-state index is -0.362. The molecule has 1 atom stereocenters. The van der Waals surface area contributed by atoms with Crippen molar-refractivity contribution in [2.24, 2.45) is 0 Å². The van der Waals surface area contributed by atoms with Gasteiger partial charge in [0.2, 0.25) is 11.7 Å². The highest BCUT2D eigenvalue weighted by molar-refractivity contribution is 5.82. The molecule has 0 saturated carbocycles. The number of aromatic nitrogens is 2. The zero-order valence-corrected chi connectivity index (χ0v) is 12.5.